The van der Waals surface area contributed by atoms with Crippen molar-refractivity contribution in [3.63, 3.8) is 0 Å². The van der Waals surface area contributed by atoms with Crippen LogP contribution in [0.5, 0.6) is 5.75 Å². The van der Waals surface area contributed by atoms with Crippen molar-refractivity contribution >= 4 is 62.8 Å². The molecule has 1 aliphatic heterocycles. The molecule has 0 amide bonds. The number of aryl methyl sites for hydroxylation is 3. The van der Waals surface area contributed by atoms with Crippen molar-refractivity contribution < 1.29 is 14.6 Å². The number of carboxylic acid groups (broad SMARTS) is 1. The van der Waals surface area contributed by atoms with Crippen LogP contribution < -0.4 is 4.74 Å². The van der Waals surface area contributed by atoms with Crippen molar-refractivity contribution in [2.24, 2.45) is 21.1 Å². The molecule has 242 valence electrons. The van der Waals surface area contributed by atoms with Gasteiger partial charge in [-0.2, -0.15) is 10.2 Å². The molecule has 11 heteroatoms. The molecule has 7 rings (SSSR count). The van der Waals surface area contributed by atoms with Gasteiger partial charge in [-0.3, -0.25) is 9.36 Å². The lowest BCUT2D eigenvalue weighted by Crippen LogP contribution is -2.11. The molecule has 4 heterocycles. The number of carbonyl (C=O) groups is 1. The second-order valence-corrected chi connectivity index (χ2v) is 14.6. The van der Waals surface area contributed by atoms with E-state index in [0.717, 1.165) is 83.3 Å². The zero-order valence-corrected chi connectivity index (χ0v) is 29.4. The fraction of sp³-hybridized carbons (Fsp3) is 0.306. The zero-order valence-electron chi connectivity index (χ0n) is 27.0. The van der Waals surface area contributed by atoms with Crippen LogP contribution in [-0.2, 0) is 38.4 Å². The Morgan fingerprint density at radius 1 is 0.979 bits per heavy atom. The second-order valence-electron chi connectivity index (χ2n) is 12.2. The summed E-state index contributed by atoms with van der Waals surface area (Å²) in [5, 5.41) is 23.9. The van der Waals surface area contributed by atoms with Gasteiger partial charge in [-0.25, -0.2) is 4.79 Å². The van der Waals surface area contributed by atoms with Crippen LogP contribution in [-0.4, -0.2) is 41.8 Å². The molecule has 0 spiro atoms. The first kappa shape index (κ1) is 31.7. The normalized spacial score (nSPS) is 15.8. The fourth-order valence-corrected chi connectivity index (χ4v) is 8.86. The molecule has 0 fully saturated rings. The highest BCUT2D eigenvalue weighted by molar-refractivity contribution is 7.98. The quantitative estimate of drug-likeness (QED) is 0.185. The molecule has 0 unspecified atom stereocenters. The summed E-state index contributed by atoms with van der Waals surface area (Å²) >= 11 is 10.5. The molecule has 3 aromatic heterocycles. The number of aromatic nitrogens is 5. The maximum absolute atomic E-state index is 12.9. The monoisotopic (exact) mass is 685 g/mol. The van der Waals surface area contributed by atoms with Crippen molar-refractivity contribution in [3.8, 4) is 16.9 Å². The summed E-state index contributed by atoms with van der Waals surface area (Å²) < 4.78 is 12.2. The van der Waals surface area contributed by atoms with Crippen LogP contribution in [0, 0.1) is 6.92 Å². The van der Waals surface area contributed by atoms with Gasteiger partial charge in [0.1, 0.15) is 11.4 Å². The minimum absolute atomic E-state index is 0.0967. The van der Waals surface area contributed by atoms with Crippen molar-refractivity contribution in [2.45, 2.75) is 48.3 Å². The van der Waals surface area contributed by atoms with Crippen LogP contribution in [0.15, 0.2) is 59.5 Å². The molecule has 0 aliphatic carbocycles. The number of nitrogens with zero attached hydrogens (tertiary/aromatic N) is 5. The van der Waals surface area contributed by atoms with E-state index in [4.69, 9.17) is 26.5 Å². The molecule has 3 aromatic carbocycles. The SMILES string of the molecule is Cc1c2c(nn1C)CSCc1cc(n(C)n1)CSc1cc(c3ccccc3c1)OCC[C@@H](C)c1c(C(=O)O)n(C)c3c-2c(Cl)ccc13. The second kappa shape index (κ2) is 12.6. The molecule has 1 N–H and O–H groups in total. The number of benzene rings is 3. The third kappa shape index (κ3) is 5.70. The van der Waals surface area contributed by atoms with Crippen molar-refractivity contribution in [1.29, 1.82) is 0 Å². The number of fused-ring (bicyclic) bond motifs is 8. The Morgan fingerprint density at radius 2 is 1.79 bits per heavy atom. The summed E-state index contributed by atoms with van der Waals surface area (Å²) in [4.78, 5) is 14.0. The van der Waals surface area contributed by atoms with Gasteiger partial charge in [0.05, 0.1) is 28.5 Å². The maximum Gasteiger partial charge on any atom is 0.352 e. The molecule has 1 atom stereocenters. The molecule has 0 saturated heterocycles. The minimum Gasteiger partial charge on any atom is -0.493 e. The standard InChI is InChI=1S/C36H36ClN5O3S2/c1-20-12-13-45-30-16-25(14-22-8-6-7-9-26(22)30)47-18-24-15-23(38-42(24)5)17-46-19-29-32(21(2)41(4)39-29)33-28(37)11-10-27-31(20)35(36(43)44)40(3)34(27)33/h6-11,14-16,20H,12-13,17-19H2,1-5H3,(H,43,44)/t20-/m1/s1. The number of hydrogen-bond acceptors (Lipinski definition) is 6. The van der Waals surface area contributed by atoms with E-state index in [2.05, 4.69) is 37.3 Å². The molecule has 1 aliphatic rings. The topological polar surface area (TPSA) is 87.1 Å². The Bertz CT molecular complexity index is 2180. The predicted molar refractivity (Wildman–Crippen MR) is 192 cm³/mol. The van der Waals surface area contributed by atoms with Crippen molar-refractivity contribution in [2.75, 3.05) is 6.61 Å². The Kier molecular flexibility index (Phi) is 8.53. The first-order valence-corrected chi connectivity index (χ1v) is 18.1. The van der Waals surface area contributed by atoms with E-state index in [1.54, 1.807) is 28.1 Å². The van der Waals surface area contributed by atoms with Crippen LogP contribution in [0.2, 0.25) is 5.02 Å². The van der Waals surface area contributed by atoms with Crippen LogP contribution in [0.25, 0.3) is 32.8 Å². The third-order valence-corrected chi connectivity index (χ3v) is 11.5. The smallest absolute Gasteiger partial charge is 0.352 e. The zero-order chi connectivity index (χ0) is 33.0. The summed E-state index contributed by atoms with van der Waals surface area (Å²) in [5.74, 6) is 1.93. The molecule has 47 heavy (non-hydrogen) atoms. The maximum atomic E-state index is 12.9. The highest BCUT2D eigenvalue weighted by Gasteiger charge is 2.29. The number of halogens is 1. The van der Waals surface area contributed by atoms with E-state index < -0.39 is 5.97 Å². The minimum atomic E-state index is -0.966. The summed E-state index contributed by atoms with van der Waals surface area (Å²) in [6, 6.07) is 18.6. The highest BCUT2D eigenvalue weighted by atomic mass is 35.5. The van der Waals surface area contributed by atoms with Gasteiger partial charge in [-0.15, -0.1) is 23.5 Å². The van der Waals surface area contributed by atoms with Gasteiger partial charge >= 0.3 is 5.97 Å². The Balaban J connectivity index is 1.38. The van der Waals surface area contributed by atoms with Gasteiger partial charge in [0.15, 0.2) is 0 Å². The number of carboxylic acids is 1. The average molecular weight is 686 g/mol. The van der Waals surface area contributed by atoms with Gasteiger partial charge < -0.3 is 14.4 Å². The van der Waals surface area contributed by atoms with Gasteiger partial charge in [0.2, 0.25) is 0 Å². The highest BCUT2D eigenvalue weighted by Crippen LogP contribution is 2.44. The van der Waals surface area contributed by atoms with E-state index >= 15 is 0 Å². The number of aromatic carboxylic acids is 1. The first-order valence-electron chi connectivity index (χ1n) is 15.6. The summed E-state index contributed by atoms with van der Waals surface area (Å²) in [7, 11) is 5.76. The van der Waals surface area contributed by atoms with Gasteiger partial charge in [-0.05, 0) is 54.5 Å². The largest absolute Gasteiger partial charge is 0.493 e. The average Bonchev–Trinajstić information content (AvgIpc) is 3.65. The van der Waals surface area contributed by atoms with Crippen molar-refractivity contribution in [3.05, 3.63) is 93.7 Å². The Labute approximate surface area is 287 Å². The van der Waals surface area contributed by atoms with Crippen LogP contribution in [0.4, 0.5) is 0 Å². The molecule has 8 bridgehead atoms. The lowest BCUT2D eigenvalue weighted by atomic mass is 9.93. The van der Waals surface area contributed by atoms with Crippen LogP contribution in [0.3, 0.4) is 0 Å². The van der Waals surface area contributed by atoms with Crippen LogP contribution >= 0.6 is 35.1 Å². The third-order valence-electron chi connectivity index (χ3n) is 9.20. The molecule has 6 aromatic rings. The summed E-state index contributed by atoms with van der Waals surface area (Å²) in [6.45, 7) is 4.55. The molecular formula is C36H36ClN5O3S2. The first-order chi connectivity index (χ1) is 22.6. The fourth-order valence-electron chi connectivity index (χ4n) is 6.78. The Morgan fingerprint density at radius 3 is 2.60 bits per heavy atom. The molecule has 0 radical (unpaired) electrons. The lowest BCUT2D eigenvalue weighted by molar-refractivity contribution is 0.0685. The van der Waals surface area contributed by atoms with Gasteiger partial charge in [-0.1, -0.05) is 48.9 Å². The summed E-state index contributed by atoms with van der Waals surface area (Å²) in [5.41, 5.74) is 7.68. The number of hydrogen-bond donors (Lipinski definition) is 1. The van der Waals surface area contributed by atoms with Gasteiger partial charge in [0, 0.05) is 76.6 Å². The molecular weight excluding hydrogens is 650 g/mol. The number of thioether (sulfide) groups is 2. The predicted octanol–water partition coefficient (Wildman–Crippen LogP) is 8.74. The van der Waals surface area contributed by atoms with E-state index in [9.17, 15) is 9.90 Å². The van der Waals surface area contributed by atoms with Gasteiger partial charge in [0.25, 0.3) is 0 Å². The lowest BCUT2D eigenvalue weighted by Gasteiger charge is -2.16. The van der Waals surface area contributed by atoms with E-state index in [1.807, 2.05) is 61.7 Å². The van der Waals surface area contributed by atoms with E-state index in [-0.39, 0.29) is 11.6 Å². The van der Waals surface area contributed by atoms with Crippen LogP contribution in [0.1, 0.15) is 58.1 Å². The molecule has 8 nitrogen and oxygen atoms in total. The van der Waals surface area contributed by atoms with Crippen molar-refractivity contribution in [1.82, 2.24) is 24.1 Å². The number of ether oxygens (including phenoxy) is 1. The Hall–Kier alpha value is -3.86. The van der Waals surface area contributed by atoms with E-state index in [1.165, 1.54) is 0 Å². The van der Waals surface area contributed by atoms with E-state index in [0.29, 0.717) is 23.8 Å². The number of rotatable bonds is 1. The summed E-state index contributed by atoms with van der Waals surface area (Å²) in [6.07, 6.45) is 0.634. The molecule has 0 saturated carbocycles.